The molecule has 3 nitrogen and oxygen atoms in total. The number of benzene rings is 2. The number of hydrogen-bond acceptors (Lipinski definition) is 2. The van der Waals surface area contributed by atoms with Crippen LogP contribution in [0.15, 0.2) is 57.9 Å². The first-order valence-electron chi connectivity index (χ1n) is 5.18. The molecule has 0 spiro atoms. The molecular weight excluding hydrogens is 314 g/mol. The topological polar surface area (TPSA) is 46.2 Å². The minimum absolute atomic E-state index is 0.212. The summed E-state index contributed by atoms with van der Waals surface area (Å²) in [5.41, 5.74) is 1.34. The van der Waals surface area contributed by atoms with Crippen molar-refractivity contribution in [3.63, 3.8) is 0 Å². The number of nitrogens with one attached hydrogen (secondary N) is 1. The van der Waals surface area contributed by atoms with Gasteiger partial charge in [-0.25, -0.2) is 8.42 Å². The van der Waals surface area contributed by atoms with E-state index in [4.69, 9.17) is 0 Å². The highest BCUT2D eigenvalue weighted by Gasteiger charge is 2.16. The maximum absolute atomic E-state index is 12.2. The predicted molar refractivity (Wildman–Crippen MR) is 75.9 cm³/mol. The van der Waals surface area contributed by atoms with Crippen LogP contribution in [0.4, 0.5) is 5.69 Å². The summed E-state index contributed by atoms with van der Waals surface area (Å²) in [6.07, 6.45) is 0. The maximum Gasteiger partial charge on any atom is 0.263 e. The van der Waals surface area contributed by atoms with Crippen molar-refractivity contribution in [2.75, 3.05) is 4.72 Å². The van der Waals surface area contributed by atoms with Gasteiger partial charge in [0.1, 0.15) is 4.90 Å². The smallest absolute Gasteiger partial charge is 0.263 e. The maximum atomic E-state index is 12.2. The highest BCUT2D eigenvalue weighted by Crippen LogP contribution is 2.23. The Labute approximate surface area is 115 Å². The average molecular weight is 325 g/mol. The zero-order chi connectivity index (χ0) is 13.2. The van der Waals surface area contributed by atoms with Gasteiger partial charge in [-0.1, -0.05) is 24.3 Å². The van der Waals surface area contributed by atoms with Crippen LogP contribution in [0.3, 0.4) is 0 Å². The Kier molecular flexibility index (Phi) is 3.73. The molecule has 0 amide bonds. The van der Waals surface area contributed by atoms with E-state index in [1.165, 1.54) is 0 Å². The van der Waals surface area contributed by atoms with Crippen LogP contribution >= 0.6 is 15.9 Å². The second-order valence-corrected chi connectivity index (χ2v) is 6.24. The van der Waals surface area contributed by atoms with Gasteiger partial charge >= 0.3 is 0 Å². The molecule has 18 heavy (non-hydrogen) atoms. The third-order valence-electron chi connectivity index (χ3n) is 2.33. The summed E-state index contributed by atoms with van der Waals surface area (Å²) in [4.78, 5) is 0.212. The Morgan fingerprint density at radius 2 is 1.61 bits per heavy atom. The SMILES string of the molecule is [CH2]c1ccc(NS(=O)(=O)c2ccccc2Br)cc1. The second kappa shape index (κ2) is 5.12. The number of sulfonamides is 1. The zero-order valence-corrected chi connectivity index (χ0v) is 11.8. The summed E-state index contributed by atoms with van der Waals surface area (Å²) in [5.74, 6) is 0. The Bertz CT molecular complexity index is 651. The van der Waals surface area contributed by atoms with Crippen molar-refractivity contribution in [1.82, 2.24) is 0 Å². The van der Waals surface area contributed by atoms with Crippen molar-refractivity contribution in [2.24, 2.45) is 0 Å². The molecule has 0 heterocycles. The van der Waals surface area contributed by atoms with Gasteiger partial charge in [-0.05, 0) is 52.7 Å². The normalized spacial score (nSPS) is 11.2. The summed E-state index contributed by atoms with van der Waals surface area (Å²) in [7, 11) is -3.57. The minimum atomic E-state index is -3.57. The summed E-state index contributed by atoms with van der Waals surface area (Å²) in [6.45, 7) is 3.75. The van der Waals surface area contributed by atoms with E-state index in [9.17, 15) is 8.42 Å². The first kappa shape index (κ1) is 13.1. The lowest BCUT2D eigenvalue weighted by Gasteiger charge is -2.09. The highest BCUT2D eigenvalue weighted by molar-refractivity contribution is 9.10. The van der Waals surface area contributed by atoms with E-state index < -0.39 is 10.0 Å². The lowest BCUT2D eigenvalue weighted by molar-refractivity contribution is 0.601. The third kappa shape index (κ3) is 2.91. The van der Waals surface area contributed by atoms with Crippen LogP contribution in [-0.2, 0) is 10.0 Å². The van der Waals surface area contributed by atoms with E-state index in [0.29, 0.717) is 10.2 Å². The molecular formula is C13H11BrNO2S. The van der Waals surface area contributed by atoms with Gasteiger partial charge in [0.15, 0.2) is 0 Å². The molecule has 2 aromatic rings. The largest absolute Gasteiger partial charge is 0.280 e. The molecule has 0 unspecified atom stereocenters. The van der Waals surface area contributed by atoms with Crippen LogP contribution in [0.2, 0.25) is 0 Å². The van der Waals surface area contributed by atoms with Gasteiger partial charge in [-0.15, -0.1) is 0 Å². The molecule has 0 saturated heterocycles. The minimum Gasteiger partial charge on any atom is -0.280 e. The third-order valence-corrected chi connectivity index (χ3v) is 4.73. The van der Waals surface area contributed by atoms with Crippen LogP contribution in [0.5, 0.6) is 0 Å². The van der Waals surface area contributed by atoms with Gasteiger partial charge in [-0.3, -0.25) is 4.72 Å². The monoisotopic (exact) mass is 324 g/mol. The molecule has 0 bridgehead atoms. The molecule has 5 heteroatoms. The van der Waals surface area contributed by atoms with Crippen molar-refractivity contribution in [1.29, 1.82) is 0 Å². The Morgan fingerprint density at radius 3 is 2.22 bits per heavy atom. The van der Waals surface area contributed by atoms with Crippen molar-refractivity contribution >= 4 is 31.6 Å². The van der Waals surface area contributed by atoms with Crippen molar-refractivity contribution in [3.05, 3.63) is 65.5 Å². The highest BCUT2D eigenvalue weighted by atomic mass is 79.9. The lowest BCUT2D eigenvalue weighted by Crippen LogP contribution is -2.13. The summed E-state index contributed by atoms with van der Waals surface area (Å²) < 4.78 is 27.4. The van der Waals surface area contributed by atoms with Crippen molar-refractivity contribution < 1.29 is 8.42 Å². The fraction of sp³-hybridized carbons (Fsp3) is 0. The number of rotatable bonds is 3. The quantitative estimate of drug-likeness (QED) is 0.940. The second-order valence-electron chi connectivity index (χ2n) is 3.73. The molecule has 0 fully saturated rings. The van der Waals surface area contributed by atoms with Gasteiger partial charge in [0.25, 0.3) is 10.0 Å². The van der Waals surface area contributed by atoms with Crippen molar-refractivity contribution in [2.45, 2.75) is 4.90 Å². The molecule has 0 aliphatic heterocycles. The molecule has 0 aliphatic rings. The molecule has 2 rings (SSSR count). The first-order valence-corrected chi connectivity index (χ1v) is 7.46. The fourth-order valence-electron chi connectivity index (χ4n) is 1.45. The van der Waals surface area contributed by atoms with E-state index in [-0.39, 0.29) is 4.90 Å². The molecule has 0 saturated carbocycles. The van der Waals surface area contributed by atoms with Gasteiger partial charge < -0.3 is 0 Å². The standard InChI is InChI=1S/C13H11BrNO2S/c1-10-6-8-11(9-7-10)15-18(16,17)13-5-3-2-4-12(13)14/h2-9,15H,1H2. The number of halogens is 1. The van der Waals surface area contributed by atoms with E-state index in [0.717, 1.165) is 5.56 Å². The fourth-order valence-corrected chi connectivity index (χ4v) is 3.51. The molecule has 0 atom stereocenters. The number of anilines is 1. The van der Waals surface area contributed by atoms with Crippen LogP contribution < -0.4 is 4.72 Å². The predicted octanol–water partition coefficient (Wildman–Crippen LogP) is 3.43. The van der Waals surface area contributed by atoms with Crippen LogP contribution in [0.25, 0.3) is 0 Å². The Hall–Kier alpha value is -1.33. The van der Waals surface area contributed by atoms with Gasteiger partial charge in [0, 0.05) is 10.2 Å². The van der Waals surface area contributed by atoms with Crippen LogP contribution in [0.1, 0.15) is 5.56 Å². The molecule has 1 N–H and O–H groups in total. The van der Waals surface area contributed by atoms with E-state index in [1.54, 1.807) is 48.5 Å². The van der Waals surface area contributed by atoms with Gasteiger partial charge in [0.2, 0.25) is 0 Å². The van der Waals surface area contributed by atoms with Crippen LogP contribution in [-0.4, -0.2) is 8.42 Å². The summed E-state index contributed by atoms with van der Waals surface area (Å²) in [5, 5.41) is 0. The van der Waals surface area contributed by atoms with Crippen LogP contribution in [0, 0.1) is 6.92 Å². The van der Waals surface area contributed by atoms with E-state index >= 15 is 0 Å². The van der Waals surface area contributed by atoms with E-state index in [2.05, 4.69) is 27.6 Å². The Balaban J connectivity index is 2.33. The van der Waals surface area contributed by atoms with Crippen molar-refractivity contribution in [3.8, 4) is 0 Å². The van der Waals surface area contributed by atoms with E-state index in [1.807, 2.05) is 0 Å². The molecule has 2 aromatic carbocycles. The van der Waals surface area contributed by atoms with Gasteiger partial charge in [-0.2, -0.15) is 0 Å². The first-order chi connectivity index (χ1) is 8.49. The number of hydrogen-bond donors (Lipinski definition) is 1. The molecule has 0 aliphatic carbocycles. The summed E-state index contributed by atoms with van der Waals surface area (Å²) in [6, 6.07) is 13.5. The molecule has 0 aromatic heterocycles. The van der Waals surface area contributed by atoms with Gasteiger partial charge in [0.05, 0.1) is 0 Å². The average Bonchev–Trinajstić information content (AvgIpc) is 2.32. The zero-order valence-electron chi connectivity index (χ0n) is 9.43. The molecule has 93 valence electrons. The summed E-state index contributed by atoms with van der Waals surface area (Å²) >= 11 is 3.23. The molecule has 1 radical (unpaired) electrons. The lowest BCUT2D eigenvalue weighted by atomic mass is 10.2. The Morgan fingerprint density at radius 1 is 1.00 bits per heavy atom.